The first-order valence-electron chi connectivity index (χ1n) is 9.08. The molecule has 29 heavy (non-hydrogen) atoms. The Bertz CT molecular complexity index is 887. The van der Waals surface area contributed by atoms with Crippen LogP contribution in [0.15, 0.2) is 48.8 Å². The Morgan fingerprint density at radius 3 is 2.38 bits per heavy atom. The molecular formula is C19H21ClN6O3. The molecule has 0 radical (unpaired) electrons. The van der Waals surface area contributed by atoms with Gasteiger partial charge in [0.1, 0.15) is 12.1 Å². The number of nitrogens with zero attached hydrogens (tertiary/aromatic N) is 4. The van der Waals surface area contributed by atoms with Crippen molar-refractivity contribution in [1.29, 1.82) is 0 Å². The second-order valence-corrected chi connectivity index (χ2v) is 6.85. The highest BCUT2D eigenvalue weighted by Crippen LogP contribution is 2.30. The molecule has 1 aromatic carbocycles. The van der Waals surface area contributed by atoms with Gasteiger partial charge >= 0.3 is 6.03 Å². The summed E-state index contributed by atoms with van der Waals surface area (Å²) in [6, 6.07) is 10.1. The van der Waals surface area contributed by atoms with E-state index in [2.05, 4.69) is 20.6 Å². The fourth-order valence-corrected chi connectivity index (χ4v) is 3.57. The van der Waals surface area contributed by atoms with Crippen molar-refractivity contribution in [3.63, 3.8) is 0 Å². The van der Waals surface area contributed by atoms with Gasteiger partial charge < -0.3 is 15.5 Å². The van der Waals surface area contributed by atoms with Gasteiger partial charge in [0.25, 0.3) is 5.91 Å². The molecule has 1 spiro atoms. The molecule has 0 aliphatic carbocycles. The molecule has 0 saturated carbocycles. The number of carbonyl (C=O) groups is 3. The van der Waals surface area contributed by atoms with Crippen LogP contribution in [0.1, 0.15) is 12.8 Å². The summed E-state index contributed by atoms with van der Waals surface area (Å²) in [5.74, 6) is -0.163. The summed E-state index contributed by atoms with van der Waals surface area (Å²) in [4.78, 5) is 49.0. The van der Waals surface area contributed by atoms with Gasteiger partial charge in [0.15, 0.2) is 0 Å². The lowest BCUT2D eigenvalue weighted by molar-refractivity contribution is -0.134. The number of amides is 4. The minimum absolute atomic E-state index is 0. The highest BCUT2D eigenvalue weighted by Gasteiger charge is 2.52. The summed E-state index contributed by atoms with van der Waals surface area (Å²) in [7, 11) is 0. The lowest BCUT2D eigenvalue weighted by Crippen LogP contribution is -2.55. The minimum Gasteiger partial charge on any atom is -0.341 e. The van der Waals surface area contributed by atoms with Crippen LogP contribution in [0.3, 0.4) is 0 Å². The molecule has 9 nitrogen and oxygen atoms in total. The first-order valence-corrected chi connectivity index (χ1v) is 9.08. The van der Waals surface area contributed by atoms with Crippen LogP contribution in [0.25, 0.3) is 0 Å². The quantitative estimate of drug-likeness (QED) is 0.730. The van der Waals surface area contributed by atoms with E-state index in [1.54, 1.807) is 42.7 Å². The first-order chi connectivity index (χ1) is 13.6. The number of carbonyl (C=O) groups excluding carboxylic acids is 3. The van der Waals surface area contributed by atoms with Crippen molar-refractivity contribution in [2.45, 2.75) is 18.4 Å². The Hall–Kier alpha value is -3.20. The summed E-state index contributed by atoms with van der Waals surface area (Å²) in [6.45, 7) is 0.771. The second kappa shape index (κ2) is 8.44. The van der Waals surface area contributed by atoms with Crippen molar-refractivity contribution in [2.75, 3.05) is 29.9 Å². The maximum atomic E-state index is 12.9. The summed E-state index contributed by atoms with van der Waals surface area (Å²) in [5, 5.41) is 5.49. The molecule has 2 N–H and O–H groups in total. The van der Waals surface area contributed by atoms with Gasteiger partial charge in [-0.15, -0.1) is 12.4 Å². The van der Waals surface area contributed by atoms with Gasteiger partial charge in [-0.1, -0.05) is 18.2 Å². The molecule has 2 aromatic rings. The number of hydrogen-bond acceptors (Lipinski definition) is 6. The molecule has 1 aromatic heterocycles. The highest BCUT2D eigenvalue weighted by atomic mass is 35.5. The summed E-state index contributed by atoms with van der Waals surface area (Å²) in [6.07, 6.45) is 4.21. The maximum Gasteiger partial charge on any atom is 0.325 e. The zero-order chi connectivity index (χ0) is 19.6. The van der Waals surface area contributed by atoms with Gasteiger partial charge in [0.05, 0.1) is 0 Å². The van der Waals surface area contributed by atoms with E-state index in [-0.39, 0.29) is 24.9 Å². The molecule has 2 aliphatic heterocycles. The van der Waals surface area contributed by atoms with Crippen molar-refractivity contribution in [3.05, 3.63) is 48.8 Å². The Labute approximate surface area is 173 Å². The minimum atomic E-state index is -0.963. The molecule has 10 heteroatoms. The Morgan fingerprint density at radius 1 is 1.07 bits per heavy atom. The normalized spacial score (nSPS) is 17.7. The SMILES string of the molecule is Cl.O=C(CN1C(=O)NC2(CCN(c3ncccn3)CC2)C1=O)Nc1ccccc1. The largest absolute Gasteiger partial charge is 0.341 e. The van der Waals surface area contributed by atoms with E-state index in [0.29, 0.717) is 37.6 Å². The van der Waals surface area contributed by atoms with Gasteiger partial charge in [-0.05, 0) is 31.0 Å². The Morgan fingerprint density at radius 2 is 1.72 bits per heavy atom. The molecule has 0 unspecified atom stereocenters. The molecule has 3 heterocycles. The Balaban J connectivity index is 0.00000240. The zero-order valence-corrected chi connectivity index (χ0v) is 16.4. The molecule has 4 rings (SSSR count). The number of hydrogen-bond donors (Lipinski definition) is 2. The fraction of sp³-hybridized carbons (Fsp3) is 0.316. The number of aromatic nitrogens is 2. The van der Waals surface area contributed by atoms with Crippen LogP contribution in [0, 0.1) is 0 Å². The van der Waals surface area contributed by atoms with E-state index in [1.165, 1.54) is 0 Å². The number of anilines is 2. The molecular weight excluding hydrogens is 396 g/mol. The predicted molar refractivity (Wildman–Crippen MR) is 109 cm³/mol. The lowest BCUT2D eigenvalue weighted by Gasteiger charge is -2.37. The molecule has 2 fully saturated rings. The van der Waals surface area contributed by atoms with Crippen LogP contribution in [0.4, 0.5) is 16.4 Å². The average Bonchev–Trinajstić information content (AvgIpc) is 2.94. The first kappa shape index (κ1) is 20.5. The number of benzene rings is 1. The molecule has 0 bridgehead atoms. The van der Waals surface area contributed by atoms with Crippen LogP contribution in [0.5, 0.6) is 0 Å². The zero-order valence-electron chi connectivity index (χ0n) is 15.6. The number of imide groups is 1. The topological polar surface area (TPSA) is 108 Å². The third kappa shape index (κ3) is 4.14. The number of nitrogens with one attached hydrogen (secondary N) is 2. The average molecular weight is 417 g/mol. The summed E-state index contributed by atoms with van der Waals surface area (Å²) in [5.41, 5.74) is -0.347. The van der Waals surface area contributed by atoms with E-state index < -0.39 is 17.5 Å². The van der Waals surface area contributed by atoms with E-state index in [4.69, 9.17) is 0 Å². The highest BCUT2D eigenvalue weighted by molar-refractivity contribution is 6.10. The van der Waals surface area contributed by atoms with Gasteiger partial charge in [-0.3, -0.25) is 14.5 Å². The lowest BCUT2D eigenvalue weighted by atomic mass is 9.87. The smallest absolute Gasteiger partial charge is 0.325 e. The van der Waals surface area contributed by atoms with Crippen molar-refractivity contribution in [2.24, 2.45) is 0 Å². The number of piperidine rings is 1. The van der Waals surface area contributed by atoms with Crippen LogP contribution in [-0.4, -0.2) is 57.9 Å². The fourth-order valence-electron chi connectivity index (χ4n) is 3.57. The van der Waals surface area contributed by atoms with E-state index in [0.717, 1.165) is 4.90 Å². The number of rotatable bonds is 4. The molecule has 2 saturated heterocycles. The number of para-hydroxylation sites is 1. The van der Waals surface area contributed by atoms with Crippen molar-refractivity contribution >= 4 is 41.9 Å². The standard InChI is InChI=1S/C19H20N6O3.ClH/c26-15(22-14-5-2-1-3-6-14)13-25-16(27)19(23-18(25)28)7-11-24(12-8-19)17-20-9-4-10-21-17;/h1-6,9-10H,7-8,11-13H2,(H,22,26)(H,23,28);1H. The molecule has 2 aliphatic rings. The molecule has 4 amide bonds. The van der Waals surface area contributed by atoms with E-state index in [9.17, 15) is 14.4 Å². The van der Waals surface area contributed by atoms with Crippen LogP contribution in [0.2, 0.25) is 0 Å². The predicted octanol–water partition coefficient (Wildman–Crippen LogP) is 1.43. The van der Waals surface area contributed by atoms with Crippen molar-refractivity contribution < 1.29 is 14.4 Å². The molecule has 0 atom stereocenters. The summed E-state index contributed by atoms with van der Waals surface area (Å²) >= 11 is 0. The van der Waals surface area contributed by atoms with Gasteiger partial charge in [0, 0.05) is 31.2 Å². The maximum absolute atomic E-state index is 12.9. The van der Waals surface area contributed by atoms with E-state index >= 15 is 0 Å². The second-order valence-electron chi connectivity index (χ2n) is 6.85. The third-order valence-electron chi connectivity index (χ3n) is 5.06. The van der Waals surface area contributed by atoms with Crippen molar-refractivity contribution in [3.8, 4) is 0 Å². The van der Waals surface area contributed by atoms with Gasteiger partial charge in [-0.2, -0.15) is 0 Å². The molecule has 152 valence electrons. The van der Waals surface area contributed by atoms with Gasteiger partial charge in [-0.25, -0.2) is 14.8 Å². The Kier molecular flexibility index (Phi) is 5.97. The van der Waals surface area contributed by atoms with Gasteiger partial charge in [0.2, 0.25) is 11.9 Å². The monoisotopic (exact) mass is 416 g/mol. The van der Waals surface area contributed by atoms with Crippen LogP contribution >= 0.6 is 12.4 Å². The van der Waals surface area contributed by atoms with Crippen LogP contribution in [-0.2, 0) is 9.59 Å². The van der Waals surface area contributed by atoms with E-state index in [1.807, 2.05) is 11.0 Å². The van der Waals surface area contributed by atoms with Crippen LogP contribution < -0.4 is 15.5 Å². The number of urea groups is 1. The number of halogens is 1. The van der Waals surface area contributed by atoms with Crippen molar-refractivity contribution in [1.82, 2.24) is 20.2 Å². The summed E-state index contributed by atoms with van der Waals surface area (Å²) < 4.78 is 0. The third-order valence-corrected chi connectivity index (χ3v) is 5.06.